The number of alkyl halides is 1. The number of aromatic amines is 1. The fourth-order valence-electron chi connectivity index (χ4n) is 2.06. The molecule has 0 aliphatic carbocycles. The first kappa shape index (κ1) is 16.4. The van der Waals surface area contributed by atoms with E-state index in [0.717, 1.165) is 16.8 Å². The number of esters is 1. The third kappa shape index (κ3) is 3.42. The summed E-state index contributed by atoms with van der Waals surface area (Å²) in [6.07, 6.45) is -2.01. The molecule has 1 aliphatic heterocycles. The second-order valence-electron chi connectivity index (χ2n) is 5.44. The summed E-state index contributed by atoms with van der Waals surface area (Å²) in [5, 5.41) is 9.89. The molecule has 0 spiro atoms. The van der Waals surface area contributed by atoms with Crippen LogP contribution in [-0.2, 0) is 14.3 Å². The van der Waals surface area contributed by atoms with Gasteiger partial charge in [-0.05, 0) is 0 Å². The molecule has 2 N–H and O–H groups in total. The van der Waals surface area contributed by atoms with E-state index in [2.05, 4.69) is 0 Å². The summed E-state index contributed by atoms with van der Waals surface area (Å²) in [7, 11) is 0. The van der Waals surface area contributed by atoms with Crippen molar-refractivity contribution in [2.45, 2.75) is 38.5 Å². The highest BCUT2D eigenvalue weighted by Crippen LogP contribution is 2.37. The number of carbonyl (C=O) groups excluding carboxylic acids is 1. The second kappa shape index (κ2) is 6.01. The Balaban J connectivity index is 2.12. The first-order chi connectivity index (χ1) is 10.2. The molecule has 22 heavy (non-hydrogen) atoms. The van der Waals surface area contributed by atoms with Crippen molar-refractivity contribution in [1.82, 2.24) is 9.55 Å². The number of nitrogens with one attached hydrogen (secondary N) is 1. The van der Waals surface area contributed by atoms with Crippen molar-refractivity contribution in [2.75, 3.05) is 6.61 Å². The van der Waals surface area contributed by atoms with Gasteiger partial charge in [-0.3, -0.25) is 19.1 Å². The van der Waals surface area contributed by atoms with Gasteiger partial charge in [0.15, 0.2) is 12.8 Å². The predicted octanol–water partition coefficient (Wildman–Crippen LogP) is -0.319. The maximum Gasteiger partial charge on any atom is 0.330 e. The van der Waals surface area contributed by atoms with Crippen LogP contribution in [-0.4, -0.2) is 39.2 Å². The van der Waals surface area contributed by atoms with E-state index >= 15 is 0 Å². The van der Waals surface area contributed by atoms with Crippen LogP contribution in [0.3, 0.4) is 0 Å². The Kier molecular flexibility index (Phi) is 4.47. The summed E-state index contributed by atoms with van der Waals surface area (Å²) in [6.45, 7) is 2.51. The molecule has 1 saturated heterocycles. The number of hydrogen-bond acceptors (Lipinski definition) is 6. The number of halogens is 1. The summed E-state index contributed by atoms with van der Waals surface area (Å²) < 4.78 is 25.2. The van der Waals surface area contributed by atoms with Gasteiger partial charge in [0.25, 0.3) is 5.56 Å². The molecule has 122 valence electrons. The van der Waals surface area contributed by atoms with Crippen molar-refractivity contribution < 1.29 is 23.8 Å². The minimum atomic E-state index is -2.40. The van der Waals surface area contributed by atoms with Gasteiger partial charge < -0.3 is 14.6 Å². The van der Waals surface area contributed by atoms with Crippen LogP contribution in [0.1, 0.15) is 26.5 Å². The molecule has 8 nitrogen and oxygen atoms in total. The molecule has 9 heteroatoms. The number of ether oxygens (including phenoxy) is 2. The number of rotatable bonds is 4. The molecule has 0 aromatic carbocycles. The highest BCUT2D eigenvalue weighted by atomic mass is 19.2. The molecule has 0 amide bonds. The fraction of sp³-hybridized carbons (Fsp3) is 0.615. The van der Waals surface area contributed by atoms with Crippen LogP contribution in [0, 0.1) is 5.92 Å². The van der Waals surface area contributed by atoms with Gasteiger partial charge in [0.1, 0.15) is 6.10 Å². The Morgan fingerprint density at radius 2 is 2.32 bits per heavy atom. The molecule has 0 bridgehead atoms. The first-order valence-corrected chi connectivity index (χ1v) is 6.75. The van der Waals surface area contributed by atoms with E-state index in [4.69, 9.17) is 9.47 Å². The van der Waals surface area contributed by atoms with Crippen LogP contribution in [0.2, 0.25) is 0 Å². The molecule has 0 radical (unpaired) electrons. The van der Waals surface area contributed by atoms with Crippen LogP contribution in [0.25, 0.3) is 0 Å². The molecule has 3 atom stereocenters. The van der Waals surface area contributed by atoms with E-state index < -0.39 is 54.4 Å². The monoisotopic (exact) mass is 316 g/mol. The largest absolute Gasteiger partial charge is 0.459 e. The zero-order valence-electron chi connectivity index (χ0n) is 12.1. The van der Waals surface area contributed by atoms with Gasteiger partial charge >= 0.3 is 11.7 Å². The van der Waals surface area contributed by atoms with Crippen LogP contribution in [0.4, 0.5) is 4.39 Å². The van der Waals surface area contributed by atoms with Gasteiger partial charge in [-0.1, -0.05) is 13.8 Å². The minimum absolute atomic E-state index is 0.424. The van der Waals surface area contributed by atoms with Crippen molar-refractivity contribution >= 4 is 5.97 Å². The summed E-state index contributed by atoms with van der Waals surface area (Å²) in [4.78, 5) is 36.0. The maximum absolute atomic E-state index is 14.5. The summed E-state index contributed by atoms with van der Waals surface area (Å²) in [5.41, 5.74) is -1.45. The Morgan fingerprint density at radius 1 is 1.64 bits per heavy atom. The minimum Gasteiger partial charge on any atom is -0.459 e. The molecule has 1 fully saturated rings. The normalized spacial score (nSPS) is 28.0. The van der Waals surface area contributed by atoms with Gasteiger partial charge in [0.2, 0.25) is 5.85 Å². The average molecular weight is 316 g/mol. The zero-order chi connectivity index (χ0) is 16.5. The fourth-order valence-corrected chi connectivity index (χ4v) is 2.06. The van der Waals surface area contributed by atoms with E-state index in [1.165, 1.54) is 0 Å². The van der Waals surface area contributed by atoms with Crippen LogP contribution in [0.5, 0.6) is 0 Å². The molecular formula is C13H17FN2O6. The topological polar surface area (TPSA) is 111 Å². The van der Waals surface area contributed by atoms with Gasteiger partial charge in [0.05, 0.1) is 5.92 Å². The molecule has 1 aromatic rings. The van der Waals surface area contributed by atoms with E-state index in [1.807, 2.05) is 4.98 Å². The predicted molar refractivity (Wildman–Crippen MR) is 71.7 cm³/mol. The molecule has 1 aromatic heterocycles. The van der Waals surface area contributed by atoms with Gasteiger partial charge in [-0.25, -0.2) is 9.18 Å². The molecule has 1 aliphatic rings. The Hall–Kier alpha value is -2.00. The van der Waals surface area contributed by atoms with Crippen LogP contribution in [0.15, 0.2) is 21.9 Å². The third-order valence-electron chi connectivity index (χ3n) is 3.20. The molecule has 2 rings (SSSR count). The Labute approximate surface area is 124 Å². The van der Waals surface area contributed by atoms with Crippen molar-refractivity contribution in [1.29, 1.82) is 0 Å². The lowest BCUT2D eigenvalue weighted by molar-refractivity contribution is -0.197. The van der Waals surface area contributed by atoms with Crippen molar-refractivity contribution in [3.63, 3.8) is 0 Å². The van der Waals surface area contributed by atoms with Gasteiger partial charge in [-0.15, -0.1) is 0 Å². The Bertz CT molecular complexity index is 669. The summed E-state index contributed by atoms with van der Waals surface area (Å²) >= 11 is 0. The SMILES string of the molecule is CC(C)C(=O)OC[C@]1(F)C[C@@H](O)[C@H](n2ccc(=O)[nH]c2=O)O1. The van der Waals surface area contributed by atoms with Crippen molar-refractivity contribution in [2.24, 2.45) is 5.92 Å². The molecule has 0 unspecified atom stereocenters. The Morgan fingerprint density at radius 3 is 2.91 bits per heavy atom. The number of nitrogens with zero attached hydrogens (tertiary/aromatic N) is 1. The van der Waals surface area contributed by atoms with Gasteiger partial charge in [0, 0.05) is 18.7 Å². The van der Waals surface area contributed by atoms with E-state index in [0.29, 0.717) is 0 Å². The molecular weight excluding hydrogens is 299 g/mol. The highest BCUT2D eigenvalue weighted by Gasteiger charge is 2.48. The zero-order valence-corrected chi connectivity index (χ0v) is 12.1. The number of aliphatic hydroxyl groups excluding tert-OH is 1. The number of H-pyrrole nitrogens is 1. The smallest absolute Gasteiger partial charge is 0.330 e. The first-order valence-electron chi connectivity index (χ1n) is 6.75. The maximum atomic E-state index is 14.5. The average Bonchev–Trinajstić information content (AvgIpc) is 2.72. The lowest BCUT2D eigenvalue weighted by Crippen LogP contribution is -2.36. The molecule has 0 saturated carbocycles. The van der Waals surface area contributed by atoms with E-state index in [9.17, 15) is 23.9 Å². The number of aromatic nitrogens is 2. The summed E-state index contributed by atoms with van der Waals surface area (Å²) in [5.74, 6) is -3.42. The van der Waals surface area contributed by atoms with E-state index in [1.54, 1.807) is 13.8 Å². The second-order valence-corrected chi connectivity index (χ2v) is 5.44. The van der Waals surface area contributed by atoms with Gasteiger partial charge in [-0.2, -0.15) is 0 Å². The number of aliphatic hydroxyl groups is 1. The number of carbonyl (C=O) groups is 1. The van der Waals surface area contributed by atoms with Crippen LogP contribution < -0.4 is 11.2 Å². The standard InChI is InChI=1S/C13H17FN2O6/c1-7(2)11(19)21-6-13(14)5-8(17)10(22-13)16-4-3-9(18)15-12(16)20/h3-4,7-8,10,17H,5-6H2,1-2H3,(H,15,18,20)/t8-,10-,13+/m1/s1. The van der Waals surface area contributed by atoms with Crippen molar-refractivity contribution in [3.05, 3.63) is 33.1 Å². The van der Waals surface area contributed by atoms with E-state index in [-0.39, 0.29) is 0 Å². The quantitative estimate of drug-likeness (QED) is 0.737. The summed E-state index contributed by atoms with van der Waals surface area (Å²) in [6, 6.07) is 1.05. The van der Waals surface area contributed by atoms with Crippen molar-refractivity contribution in [3.8, 4) is 0 Å². The van der Waals surface area contributed by atoms with Crippen LogP contribution >= 0.6 is 0 Å². The molecule has 2 heterocycles. The third-order valence-corrected chi connectivity index (χ3v) is 3.20. The number of hydrogen-bond donors (Lipinski definition) is 2. The lowest BCUT2D eigenvalue weighted by atomic mass is 10.1. The lowest BCUT2D eigenvalue weighted by Gasteiger charge is -2.21. The highest BCUT2D eigenvalue weighted by molar-refractivity contribution is 5.71.